The minimum Gasteiger partial charge on any atom is -0.493 e. The number of nitrogens with one attached hydrogen (secondary N) is 2. The van der Waals surface area contributed by atoms with Crippen molar-refractivity contribution >= 4 is 41.2 Å². The van der Waals surface area contributed by atoms with E-state index in [0.29, 0.717) is 22.7 Å². The van der Waals surface area contributed by atoms with Gasteiger partial charge in [-0.25, -0.2) is 9.69 Å². The average Bonchev–Trinajstić information content (AvgIpc) is 2.94. The number of aryl methyl sites for hydroxylation is 1. The molecule has 0 radical (unpaired) electrons. The molecule has 0 atom stereocenters. The zero-order valence-electron chi connectivity index (χ0n) is 16.6. The van der Waals surface area contributed by atoms with Gasteiger partial charge in [0.05, 0.1) is 19.2 Å². The Balaban J connectivity index is 1.76. The summed E-state index contributed by atoms with van der Waals surface area (Å²) in [6.07, 6.45) is 1.45. The lowest BCUT2D eigenvalue weighted by Gasteiger charge is -2.12. The number of methoxy groups -OCH3 is 2. The van der Waals surface area contributed by atoms with Crippen LogP contribution >= 0.6 is 11.6 Å². The summed E-state index contributed by atoms with van der Waals surface area (Å²) in [6.45, 7) is 1.48. The van der Waals surface area contributed by atoms with Gasteiger partial charge in [-0.05, 0) is 48.4 Å². The molecule has 0 unspecified atom stereocenters. The van der Waals surface area contributed by atoms with Crippen molar-refractivity contribution in [2.75, 3.05) is 26.1 Å². The van der Waals surface area contributed by atoms with Crippen LogP contribution in [-0.2, 0) is 9.59 Å². The van der Waals surface area contributed by atoms with Gasteiger partial charge in [-0.3, -0.25) is 9.59 Å². The maximum atomic E-state index is 12.6. The molecule has 1 aliphatic heterocycles. The minimum absolute atomic E-state index is 0.0200. The van der Waals surface area contributed by atoms with Crippen molar-refractivity contribution in [1.29, 1.82) is 0 Å². The molecule has 156 valence electrons. The summed E-state index contributed by atoms with van der Waals surface area (Å²) >= 11 is 6.18. The van der Waals surface area contributed by atoms with Gasteiger partial charge in [-0.1, -0.05) is 23.7 Å². The van der Waals surface area contributed by atoms with Crippen LogP contribution in [-0.4, -0.2) is 43.5 Å². The Morgan fingerprint density at radius 2 is 1.97 bits per heavy atom. The highest BCUT2D eigenvalue weighted by atomic mass is 35.5. The molecule has 1 fully saturated rings. The second-order valence-corrected chi connectivity index (χ2v) is 6.94. The highest BCUT2D eigenvalue weighted by Crippen LogP contribution is 2.36. The Bertz CT molecular complexity index is 1050. The van der Waals surface area contributed by atoms with Gasteiger partial charge < -0.3 is 20.1 Å². The third kappa shape index (κ3) is 4.55. The Labute approximate surface area is 178 Å². The van der Waals surface area contributed by atoms with Gasteiger partial charge in [-0.15, -0.1) is 0 Å². The van der Waals surface area contributed by atoms with E-state index in [4.69, 9.17) is 21.1 Å². The van der Waals surface area contributed by atoms with Gasteiger partial charge in [0.25, 0.3) is 5.91 Å². The lowest BCUT2D eigenvalue weighted by Crippen LogP contribution is -2.38. The minimum atomic E-state index is -0.683. The van der Waals surface area contributed by atoms with Gasteiger partial charge >= 0.3 is 6.03 Å². The lowest BCUT2D eigenvalue weighted by molar-refractivity contribution is -0.127. The quantitative estimate of drug-likeness (QED) is 0.543. The van der Waals surface area contributed by atoms with Crippen molar-refractivity contribution < 1.29 is 23.9 Å². The topological polar surface area (TPSA) is 97.0 Å². The number of anilines is 1. The normalized spacial score (nSPS) is 14.7. The number of halogens is 1. The number of rotatable bonds is 6. The first-order valence-corrected chi connectivity index (χ1v) is 9.32. The number of urea groups is 1. The van der Waals surface area contributed by atoms with E-state index in [0.717, 1.165) is 10.5 Å². The number of benzene rings is 2. The molecule has 0 aliphatic carbocycles. The molecule has 8 nitrogen and oxygen atoms in total. The van der Waals surface area contributed by atoms with Crippen molar-refractivity contribution in [2.45, 2.75) is 6.92 Å². The summed E-state index contributed by atoms with van der Waals surface area (Å²) in [5.41, 5.74) is 2.10. The van der Waals surface area contributed by atoms with E-state index in [9.17, 15) is 14.4 Å². The monoisotopic (exact) mass is 429 g/mol. The zero-order valence-corrected chi connectivity index (χ0v) is 17.4. The Hall–Kier alpha value is -3.52. The van der Waals surface area contributed by atoms with E-state index < -0.39 is 24.4 Å². The summed E-state index contributed by atoms with van der Waals surface area (Å²) < 4.78 is 10.4. The fourth-order valence-electron chi connectivity index (χ4n) is 2.97. The average molecular weight is 430 g/mol. The highest BCUT2D eigenvalue weighted by Gasteiger charge is 2.35. The Morgan fingerprint density at radius 1 is 1.20 bits per heavy atom. The SMILES string of the molecule is COc1cc(/C=C2/NC(=O)N(CC(=O)Nc3cccc(C)c3)C2=O)cc(Cl)c1OC. The lowest BCUT2D eigenvalue weighted by atomic mass is 10.1. The van der Waals surface area contributed by atoms with Crippen LogP contribution in [0.15, 0.2) is 42.1 Å². The van der Waals surface area contributed by atoms with Crippen LogP contribution in [0.5, 0.6) is 11.5 Å². The molecule has 1 heterocycles. The first-order valence-electron chi connectivity index (χ1n) is 8.95. The number of nitrogens with zero attached hydrogens (tertiary/aromatic N) is 1. The van der Waals surface area contributed by atoms with E-state index >= 15 is 0 Å². The molecule has 2 aromatic carbocycles. The summed E-state index contributed by atoms with van der Waals surface area (Å²) in [6, 6.07) is 9.71. The molecule has 0 bridgehead atoms. The number of carbonyl (C=O) groups excluding carboxylic acids is 3. The van der Waals surface area contributed by atoms with E-state index in [2.05, 4.69) is 10.6 Å². The summed E-state index contributed by atoms with van der Waals surface area (Å²) in [4.78, 5) is 38.0. The number of hydrogen-bond donors (Lipinski definition) is 2. The molecule has 2 aromatic rings. The van der Waals surface area contributed by atoms with Crippen LogP contribution in [0.2, 0.25) is 5.02 Å². The fraction of sp³-hybridized carbons (Fsp3) is 0.190. The number of hydrogen-bond acceptors (Lipinski definition) is 5. The molecule has 9 heteroatoms. The van der Waals surface area contributed by atoms with E-state index in [-0.39, 0.29) is 10.7 Å². The van der Waals surface area contributed by atoms with Gasteiger partial charge in [0, 0.05) is 5.69 Å². The number of carbonyl (C=O) groups is 3. The first kappa shape index (κ1) is 21.2. The predicted octanol–water partition coefficient (Wildman–Crippen LogP) is 3.20. The van der Waals surface area contributed by atoms with Crippen LogP contribution in [0.4, 0.5) is 10.5 Å². The van der Waals surface area contributed by atoms with Crippen LogP contribution < -0.4 is 20.1 Å². The summed E-state index contributed by atoms with van der Waals surface area (Å²) in [5, 5.41) is 5.43. The second kappa shape index (κ2) is 8.87. The predicted molar refractivity (Wildman–Crippen MR) is 113 cm³/mol. The van der Waals surface area contributed by atoms with Crippen LogP contribution in [0.3, 0.4) is 0 Å². The zero-order chi connectivity index (χ0) is 21.8. The molecule has 1 aliphatic rings. The van der Waals surface area contributed by atoms with E-state index in [1.54, 1.807) is 30.3 Å². The van der Waals surface area contributed by atoms with Gasteiger partial charge in [-0.2, -0.15) is 0 Å². The molecule has 1 saturated heterocycles. The largest absolute Gasteiger partial charge is 0.493 e. The van der Waals surface area contributed by atoms with Crippen LogP contribution in [0, 0.1) is 6.92 Å². The molecular weight excluding hydrogens is 410 g/mol. The Kier molecular flexibility index (Phi) is 6.27. The fourth-order valence-corrected chi connectivity index (χ4v) is 3.27. The van der Waals surface area contributed by atoms with Gasteiger partial charge in [0.2, 0.25) is 5.91 Å². The van der Waals surface area contributed by atoms with Crippen LogP contribution in [0.25, 0.3) is 6.08 Å². The van der Waals surface area contributed by atoms with Crippen molar-refractivity contribution in [2.24, 2.45) is 0 Å². The highest BCUT2D eigenvalue weighted by molar-refractivity contribution is 6.32. The summed E-state index contributed by atoms with van der Waals surface area (Å²) in [5.74, 6) is -0.370. The van der Waals surface area contributed by atoms with E-state index in [1.807, 2.05) is 13.0 Å². The molecule has 3 rings (SSSR count). The molecule has 30 heavy (non-hydrogen) atoms. The maximum absolute atomic E-state index is 12.6. The Morgan fingerprint density at radius 3 is 2.63 bits per heavy atom. The smallest absolute Gasteiger partial charge is 0.329 e. The number of imide groups is 1. The first-order chi connectivity index (χ1) is 14.3. The number of amides is 4. The van der Waals surface area contributed by atoms with E-state index in [1.165, 1.54) is 20.3 Å². The second-order valence-electron chi connectivity index (χ2n) is 6.54. The van der Waals surface area contributed by atoms with Crippen LogP contribution in [0.1, 0.15) is 11.1 Å². The maximum Gasteiger partial charge on any atom is 0.329 e. The molecule has 0 spiro atoms. The number of ether oxygens (including phenoxy) is 2. The third-order valence-electron chi connectivity index (χ3n) is 4.33. The molecule has 0 aromatic heterocycles. The van der Waals surface area contributed by atoms with Crippen molar-refractivity contribution in [3.8, 4) is 11.5 Å². The van der Waals surface area contributed by atoms with Crippen molar-refractivity contribution in [3.63, 3.8) is 0 Å². The molecule has 2 N–H and O–H groups in total. The van der Waals surface area contributed by atoms with Gasteiger partial charge in [0.15, 0.2) is 11.5 Å². The molecule has 0 saturated carbocycles. The molecule has 4 amide bonds. The summed E-state index contributed by atoms with van der Waals surface area (Å²) in [7, 11) is 2.92. The standard InChI is InChI=1S/C21H20ClN3O5/c1-12-5-4-6-14(7-12)23-18(26)11-25-20(27)16(24-21(25)28)9-13-8-15(22)19(30-3)17(10-13)29-2/h4-10H,11H2,1-3H3,(H,23,26)(H,24,28)/b16-9+. The molecular formula is C21H20ClN3O5. The third-order valence-corrected chi connectivity index (χ3v) is 4.61. The van der Waals surface area contributed by atoms with Crippen molar-refractivity contribution in [1.82, 2.24) is 10.2 Å². The van der Waals surface area contributed by atoms with Gasteiger partial charge in [0.1, 0.15) is 12.2 Å². The van der Waals surface area contributed by atoms with Crippen molar-refractivity contribution in [3.05, 3.63) is 58.2 Å².